The molecule has 0 saturated carbocycles. The first-order valence-corrected chi connectivity index (χ1v) is 15.2. The summed E-state index contributed by atoms with van der Waals surface area (Å²) in [5.74, 6) is 0.244. The van der Waals surface area contributed by atoms with Gasteiger partial charge >= 0.3 is 12.3 Å². The molecule has 3 aromatic carbocycles. The summed E-state index contributed by atoms with van der Waals surface area (Å²) in [6.07, 6.45) is -4.37. The third-order valence-electron chi connectivity index (χ3n) is 5.97. The van der Waals surface area contributed by atoms with Crippen LogP contribution in [0.2, 0.25) is 0 Å². The number of ether oxygens (including phenoxy) is 2. The maximum atomic E-state index is 13.4. The average molecular weight is 697 g/mol. The molecule has 12 nitrogen and oxygen atoms in total. The fourth-order valence-corrected chi connectivity index (χ4v) is 5.00. The summed E-state index contributed by atoms with van der Waals surface area (Å²) < 4.78 is 52.1. The van der Waals surface area contributed by atoms with Gasteiger partial charge in [0.25, 0.3) is 0 Å². The van der Waals surface area contributed by atoms with E-state index in [0.29, 0.717) is 22.1 Å². The number of nitrogens with zero attached hydrogens (tertiary/aromatic N) is 3. The molecule has 4 N–H and O–H groups in total. The van der Waals surface area contributed by atoms with Crippen molar-refractivity contribution in [2.24, 2.45) is 0 Å². The number of phenols is 1. The van der Waals surface area contributed by atoms with Gasteiger partial charge in [0.15, 0.2) is 10.9 Å². The van der Waals surface area contributed by atoms with E-state index in [1.807, 2.05) is 6.07 Å². The van der Waals surface area contributed by atoms with E-state index in [9.17, 15) is 27.6 Å². The van der Waals surface area contributed by atoms with E-state index >= 15 is 0 Å². The van der Waals surface area contributed by atoms with Crippen LogP contribution >= 0.6 is 11.3 Å². The Labute approximate surface area is 282 Å². The molecule has 5 rings (SSSR count). The van der Waals surface area contributed by atoms with E-state index in [1.54, 1.807) is 45.0 Å². The van der Waals surface area contributed by atoms with Crippen molar-refractivity contribution in [3.63, 3.8) is 0 Å². The summed E-state index contributed by atoms with van der Waals surface area (Å²) >= 11 is 1.27. The maximum Gasteiger partial charge on any atom is 0.416 e. The highest BCUT2D eigenvalue weighted by atomic mass is 32.1. The molecule has 0 unspecified atom stereocenters. The van der Waals surface area contributed by atoms with Crippen LogP contribution in [-0.2, 0) is 20.5 Å². The summed E-state index contributed by atoms with van der Waals surface area (Å²) in [7, 11) is 0. The van der Waals surface area contributed by atoms with Crippen LogP contribution in [0.1, 0.15) is 40.2 Å². The van der Waals surface area contributed by atoms with E-state index in [0.717, 1.165) is 16.8 Å². The average Bonchev–Trinajstić information content (AvgIpc) is 3.40. The number of carbonyl (C=O) groups is 3. The molecule has 16 heteroatoms. The number of rotatable bonds is 6. The number of nitrogens with one attached hydrogen (secondary N) is 3. The van der Waals surface area contributed by atoms with Crippen molar-refractivity contribution in [1.29, 1.82) is 0 Å². The number of hydrogen-bond acceptors (Lipinski definition) is 10. The lowest BCUT2D eigenvalue weighted by Crippen LogP contribution is -2.27. The van der Waals surface area contributed by atoms with Crippen LogP contribution in [0.3, 0.4) is 0 Å². The first-order chi connectivity index (χ1) is 23.0. The molecule has 0 aliphatic carbocycles. The monoisotopic (exact) mass is 696 g/mol. The molecule has 0 spiro atoms. The van der Waals surface area contributed by atoms with Gasteiger partial charge in [-0.25, -0.2) is 19.7 Å². The molecule has 0 aliphatic heterocycles. The highest BCUT2D eigenvalue weighted by Crippen LogP contribution is 2.38. The largest absolute Gasteiger partial charge is 0.508 e. The highest BCUT2D eigenvalue weighted by Gasteiger charge is 2.32. The number of amides is 3. The van der Waals surface area contributed by atoms with E-state index in [4.69, 9.17) is 14.6 Å². The van der Waals surface area contributed by atoms with Crippen molar-refractivity contribution in [2.75, 3.05) is 16.0 Å². The van der Waals surface area contributed by atoms with Crippen LogP contribution in [0.4, 0.5) is 34.5 Å². The summed E-state index contributed by atoms with van der Waals surface area (Å²) in [4.78, 5) is 46.9. The zero-order chi connectivity index (χ0) is 35.9. The predicted octanol–water partition coefficient (Wildman–Crippen LogP) is 8.22. The summed E-state index contributed by atoms with van der Waals surface area (Å²) in [5.41, 5.74) is -0.407. The lowest BCUT2D eigenvalue weighted by molar-refractivity contribution is -0.137. The number of benzene rings is 3. The van der Waals surface area contributed by atoms with Crippen LogP contribution in [-0.4, -0.2) is 43.6 Å². The number of aromatic nitrogens is 3. The molecule has 0 aliphatic rings. The zero-order valence-electron chi connectivity index (χ0n) is 26.8. The molecule has 49 heavy (non-hydrogen) atoms. The van der Waals surface area contributed by atoms with Crippen LogP contribution in [0.25, 0.3) is 21.5 Å². The number of halogens is 3. The number of anilines is 3. The molecule has 0 saturated heterocycles. The van der Waals surface area contributed by atoms with Gasteiger partial charge in [0.1, 0.15) is 23.2 Å². The lowest BCUT2D eigenvalue weighted by atomic mass is 10.1. The number of carbonyl (C=O) groups excluding carboxylic acids is 3. The molecule has 0 fully saturated rings. The third kappa shape index (κ3) is 10.6. The summed E-state index contributed by atoms with van der Waals surface area (Å²) in [5, 5.41) is 16.9. The van der Waals surface area contributed by atoms with Gasteiger partial charge in [-0.05, 0) is 69.3 Å². The molecular formula is C33H31F3N6O6S. The number of aromatic hydroxyl groups is 1. The van der Waals surface area contributed by atoms with Crippen LogP contribution in [0.15, 0.2) is 73.1 Å². The fraction of sp³-hybridized carbons (Fsp3) is 0.212. The minimum absolute atomic E-state index is 0.0830. The molecule has 5 aromatic rings. The second kappa shape index (κ2) is 15.0. The maximum absolute atomic E-state index is 13.4. The highest BCUT2D eigenvalue weighted by molar-refractivity contribution is 7.22. The van der Waals surface area contributed by atoms with Gasteiger partial charge in [-0.2, -0.15) is 13.2 Å². The van der Waals surface area contributed by atoms with Gasteiger partial charge < -0.3 is 25.2 Å². The van der Waals surface area contributed by atoms with Gasteiger partial charge in [-0.3, -0.25) is 14.9 Å². The molecule has 0 radical (unpaired) electrons. The minimum atomic E-state index is -4.63. The second-order valence-electron chi connectivity index (χ2n) is 11.3. The number of fused-ring (bicyclic) bond motifs is 1. The van der Waals surface area contributed by atoms with E-state index < -0.39 is 23.4 Å². The van der Waals surface area contributed by atoms with Gasteiger partial charge in [0.05, 0.1) is 21.6 Å². The first-order valence-electron chi connectivity index (χ1n) is 14.4. The van der Waals surface area contributed by atoms with Crippen molar-refractivity contribution in [1.82, 2.24) is 15.0 Å². The van der Waals surface area contributed by atoms with Crippen molar-refractivity contribution < 1.29 is 42.1 Å². The molecule has 0 bridgehead atoms. The topological polar surface area (TPSA) is 165 Å². The van der Waals surface area contributed by atoms with E-state index in [-0.39, 0.29) is 40.4 Å². The third-order valence-corrected chi connectivity index (χ3v) is 6.90. The molecular weight excluding hydrogens is 665 g/mol. The first kappa shape index (κ1) is 36.1. The van der Waals surface area contributed by atoms with E-state index in [2.05, 4.69) is 30.9 Å². The Morgan fingerprint density at radius 1 is 0.857 bits per heavy atom. The number of thiazole rings is 1. The lowest BCUT2D eigenvalue weighted by Gasteiger charge is -2.21. The van der Waals surface area contributed by atoms with Crippen LogP contribution in [0.5, 0.6) is 17.4 Å². The molecule has 2 aromatic heterocycles. The number of para-hydroxylation sites is 1. The summed E-state index contributed by atoms with van der Waals surface area (Å²) in [6, 6.07) is 15.8. The van der Waals surface area contributed by atoms with Gasteiger partial charge in [0, 0.05) is 31.2 Å². The number of phenolic OH excluding ortho intramolecular Hbond substituents is 1. The predicted molar refractivity (Wildman–Crippen MR) is 179 cm³/mol. The second-order valence-corrected chi connectivity index (χ2v) is 12.3. The Balaban J connectivity index is 0.000000418. The SMILES string of the molecule is CC(=O)Nc1ccc(O)cc1.CC(=O)Nc1nc2c(Oc3cc(-c4ccc(C(F)(F)F)cc4NC(=O)OC(C)(C)C)ncn3)cccc2s1. The molecule has 0 atom stereocenters. The summed E-state index contributed by atoms with van der Waals surface area (Å²) in [6.45, 7) is 7.72. The minimum Gasteiger partial charge on any atom is -0.508 e. The number of hydrogen-bond donors (Lipinski definition) is 4. The van der Waals surface area contributed by atoms with Crippen molar-refractivity contribution >= 4 is 56.0 Å². The Kier molecular flexibility index (Phi) is 11.0. The standard InChI is InChI=1S/C25H22F3N5O4S.C8H9NO2/c1-13(34)31-22-33-21-18(6-5-7-19(21)38-22)36-20-11-16(29-12-30-20)15-9-8-14(25(26,27)28)10-17(15)32-23(35)37-24(2,3)4;1-6(10)9-7-2-4-8(11)5-3-7/h5-12H,1-4H3,(H,32,35)(H,31,33,34);2-5,11H,1H3,(H,9,10). The van der Waals surface area contributed by atoms with Gasteiger partial charge in [-0.15, -0.1) is 0 Å². The van der Waals surface area contributed by atoms with E-state index in [1.165, 1.54) is 55.8 Å². The molecule has 256 valence electrons. The van der Waals surface area contributed by atoms with Gasteiger partial charge in [-0.1, -0.05) is 23.5 Å². The zero-order valence-corrected chi connectivity index (χ0v) is 27.6. The van der Waals surface area contributed by atoms with Crippen molar-refractivity contribution in [3.05, 3.63) is 78.6 Å². The Bertz CT molecular complexity index is 1980. The smallest absolute Gasteiger partial charge is 0.416 e. The quantitative estimate of drug-likeness (QED) is 0.128. The molecule has 3 amide bonds. The van der Waals surface area contributed by atoms with Crippen molar-refractivity contribution in [2.45, 2.75) is 46.4 Å². The molecule has 2 heterocycles. The van der Waals surface area contributed by atoms with Gasteiger partial charge in [0.2, 0.25) is 17.7 Å². The Morgan fingerprint density at radius 2 is 1.55 bits per heavy atom. The van der Waals surface area contributed by atoms with Crippen LogP contribution < -0.4 is 20.7 Å². The number of alkyl halides is 3. The van der Waals surface area contributed by atoms with Crippen LogP contribution in [0, 0.1) is 0 Å². The fourth-order valence-electron chi connectivity index (χ4n) is 4.07. The van der Waals surface area contributed by atoms with Crippen molar-refractivity contribution in [3.8, 4) is 28.6 Å². The normalized spacial score (nSPS) is 11.2. The Hall–Kier alpha value is -5.77. The Morgan fingerprint density at radius 3 is 2.18 bits per heavy atom.